The molecule has 0 spiro atoms. The molecule has 1 amide bonds. The Morgan fingerprint density at radius 2 is 1.77 bits per heavy atom. The SMILES string of the molecule is COc1cccc(C(=O)N2CCC(Nc3ccc(Cl)cc3)CC2)c1OC. The highest BCUT2D eigenvalue weighted by Crippen LogP contribution is 2.32. The summed E-state index contributed by atoms with van der Waals surface area (Å²) in [5.74, 6) is 1.03. The highest BCUT2D eigenvalue weighted by molar-refractivity contribution is 6.30. The van der Waals surface area contributed by atoms with E-state index in [2.05, 4.69) is 5.32 Å². The number of benzene rings is 2. The third-order valence-corrected chi connectivity index (χ3v) is 4.88. The number of carbonyl (C=O) groups is 1. The minimum Gasteiger partial charge on any atom is -0.493 e. The molecule has 3 rings (SSSR count). The molecule has 0 atom stereocenters. The lowest BCUT2D eigenvalue weighted by Gasteiger charge is -2.33. The molecule has 0 radical (unpaired) electrons. The Balaban J connectivity index is 1.63. The number of anilines is 1. The van der Waals surface area contributed by atoms with Crippen LogP contribution >= 0.6 is 11.6 Å². The maximum Gasteiger partial charge on any atom is 0.257 e. The molecule has 2 aromatic rings. The number of piperidine rings is 1. The molecule has 138 valence electrons. The van der Waals surface area contributed by atoms with Crippen molar-refractivity contribution in [1.29, 1.82) is 0 Å². The van der Waals surface area contributed by atoms with Crippen LogP contribution in [-0.2, 0) is 0 Å². The molecule has 0 aliphatic carbocycles. The monoisotopic (exact) mass is 374 g/mol. The molecule has 5 nitrogen and oxygen atoms in total. The number of methoxy groups -OCH3 is 2. The molecule has 1 heterocycles. The number of amides is 1. The van der Waals surface area contributed by atoms with Crippen LogP contribution in [0.1, 0.15) is 23.2 Å². The summed E-state index contributed by atoms with van der Waals surface area (Å²) < 4.78 is 10.7. The van der Waals surface area contributed by atoms with Crippen molar-refractivity contribution in [3.05, 3.63) is 53.1 Å². The standard InChI is InChI=1S/C20H23ClN2O3/c1-25-18-5-3-4-17(19(18)26-2)20(24)23-12-10-16(11-13-23)22-15-8-6-14(21)7-9-15/h3-9,16,22H,10-13H2,1-2H3. The Morgan fingerprint density at radius 1 is 1.08 bits per heavy atom. The number of nitrogens with zero attached hydrogens (tertiary/aromatic N) is 1. The molecular formula is C20H23ClN2O3. The molecule has 26 heavy (non-hydrogen) atoms. The van der Waals surface area contributed by atoms with Crippen LogP contribution in [0.2, 0.25) is 5.02 Å². The van der Waals surface area contributed by atoms with E-state index in [9.17, 15) is 4.79 Å². The van der Waals surface area contributed by atoms with Gasteiger partial charge in [0.1, 0.15) is 0 Å². The fourth-order valence-corrected chi connectivity index (χ4v) is 3.36. The number of para-hydroxylation sites is 1. The number of likely N-dealkylation sites (tertiary alicyclic amines) is 1. The Bertz CT molecular complexity index is 756. The van der Waals surface area contributed by atoms with Crippen LogP contribution in [0.25, 0.3) is 0 Å². The van der Waals surface area contributed by atoms with Gasteiger partial charge in [-0.2, -0.15) is 0 Å². The van der Waals surface area contributed by atoms with Crippen molar-refractivity contribution in [2.75, 3.05) is 32.6 Å². The highest BCUT2D eigenvalue weighted by Gasteiger charge is 2.26. The van der Waals surface area contributed by atoms with Crippen LogP contribution in [0.5, 0.6) is 11.5 Å². The van der Waals surface area contributed by atoms with Crippen molar-refractivity contribution in [2.24, 2.45) is 0 Å². The number of nitrogens with one attached hydrogen (secondary N) is 1. The molecule has 1 saturated heterocycles. The van der Waals surface area contributed by atoms with Gasteiger partial charge in [0.2, 0.25) is 0 Å². The molecule has 2 aromatic carbocycles. The molecule has 1 aliphatic rings. The first-order chi connectivity index (χ1) is 12.6. The van der Waals surface area contributed by atoms with Crippen LogP contribution < -0.4 is 14.8 Å². The van der Waals surface area contributed by atoms with Crippen molar-refractivity contribution in [2.45, 2.75) is 18.9 Å². The summed E-state index contributed by atoms with van der Waals surface area (Å²) in [6, 6.07) is 13.4. The topological polar surface area (TPSA) is 50.8 Å². The predicted octanol–water partition coefficient (Wildman–Crippen LogP) is 4.07. The minimum atomic E-state index is -0.0225. The lowest BCUT2D eigenvalue weighted by atomic mass is 10.0. The van der Waals surface area contributed by atoms with Gasteiger partial charge in [-0.3, -0.25) is 4.79 Å². The summed E-state index contributed by atoms with van der Waals surface area (Å²) in [5, 5.41) is 4.23. The largest absolute Gasteiger partial charge is 0.493 e. The van der Waals surface area contributed by atoms with Crippen LogP contribution in [0.15, 0.2) is 42.5 Å². The van der Waals surface area contributed by atoms with Crippen LogP contribution in [0.4, 0.5) is 5.69 Å². The smallest absolute Gasteiger partial charge is 0.257 e. The van der Waals surface area contributed by atoms with Crippen molar-refractivity contribution < 1.29 is 14.3 Å². The van der Waals surface area contributed by atoms with Gasteiger partial charge in [-0.25, -0.2) is 0 Å². The van der Waals surface area contributed by atoms with Gasteiger partial charge in [-0.1, -0.05) is 17.7 Å². The predicted molar refractivity (Wildman–Crippen MR) is 104 cm³/mol. The van der Waals surface area contributed by atoms with Gasteiger partial charge in [-0.05, 0) is 49.2 Å². The molecule has 0 aromatic heterocycles. The van der Waals surface area contributed by atoms with Crippen LogP contribution in [0, 0.1) is 0 Å². The quantitative estimate of drug-likeness (QED) is 0.857. The van der Waals surface area contributed by atoms with Gasteiger partial charge < -0.3 is 19.7 Å². The zero-order chi connectivity index (χ0) is 18.5. The summed E-state index contributed by atoms with van der Waals surface area (Å²) in [6.45, 7) is 1.40. The van der Waals surface area contributed by atoms with E-state index >= 15 is 0 Å². The molecule has 6 heteroatoms. The summed E-state index contributed by atoms with van der Waals surface area (Å²) in [5.41, 5.74) is 1.59. The van der Waals surface area contributed by atoms with Crippen molar-refractivity contribution in [1.82, 2.24) is 4.90 Å². The Kier molecular flexibility index (Phi) is 5.89. The lowest BCUT2D eigenvalue weighted by Crippen LogP contribution is -2.42. The number of halogens is 1. The second kappa shape index (κ2) is 8.32. The second-order valence-electron chi connectivity index (χ2n) is 6.26. The average molecular weight is 375 g/mol. The lowest BCUT2D eigenvalue weighted by molar-refractivity contribution is 0.0714. The van der Waals surface area contributed by atoms with Crippen molar-refractivity contribution in [3.63, 3.8) is 0 Å². The Labute approximate surface area is 158 Å². The van der Waals surface area contributed by atoms with Crippen molar-refractivity contribution in [3.8, 4) is 11.5 Å². The van der Waals surface area contributed by atoms with E-state index < -0.39 is 0 Å². The van der Waals surface area contributed by atoms with Crippen LogP contribution in [-0.4, -0.2) is 44.2 Å². The highest BCUT2D eigenvalue weighted by atomic mass is 35.5. The first-order valence-corrected chi connectivity index (χ1v) is 9.02. The number of carbonyl (C=O) groups excluding carboxylic acids is 1. The van der Waals surface area contributed by atoms with Crippen molar-refractivity contribution >= 4 is 23.2 Å². The maximum atomic E-state index is 12.9. The maximum absolute atomic E-state index is 12.9. The van der Waals surface area contributed by atoms with E-state index in [1.54, 1.807) is 26.4 Å². The fourth-order valence-electron chi connectivity index (χ4n) is 3.23. The fraction of sp³-hybridized carbons (Fsp3) is 0.350. The number of ether oxygens (including phenoxy) is 2. The Hall–Kier alpha value is -2.40. The van der Waals surface area contributed by atoms with Gasteiger partial charge in [0.05, 0.1) is 19.8 Å². The third kappa shape index (κ3) is 4.05. The first kappa shape index (κ1) is 18.4. The molecule has 0 unspecified atom stereocenters. The zero-order valence-electron chi connectivity index (χ0n) is 15.0. The summed E-state index contributed by atoms with van der Waals surface area (Å²) in [4.78, 5) is 14.8. The number of rotatable bonds is 5. The van der Waals surface area contributed by atoms with Gasteiger partial charge in [0, 0.05) is 29.8 Å². The molecule has 0 bridgehead atoms. The van der Waals surface area contributed by atoms with Gasteiger partial charge in [0.15, 0.2) is 11.5 Å². The molecule has 1 N–H and O–H groups in total. The summed E-state index contributed by atoms with van der Waals surface area (Å²) in [7, 11) is 3.12. The first-order valence-electron chi connectivity index (χ1n) is 8.64. The van der Waals surface area contributed by atoms with E-state index in [1.807, 2.05) is 35.2 Å². The second-order valence-corrected chi connectivity index (χ2v) is 6.70. The number of hydrogen-bond acceptors (Lipinski definition) is 4. The molecular weight excluding hydrogens is 352 g/mol. The molecule has 0 saturated carbocycles. The van der Waals surface area contributed by atoms with Crippen LogP contribution in [0.3, 0.4) is 0 Å². The average Bonchev–Trinajstić information content (AvgIpc) is 2.69. The Morgan fingerprint density at radius 3 is 2.38 bits per heavy atom. The van der Waals surface area contributed by atoms with E-state index in [0.29, 0.717) is 36.2 Å². The van der Waals surface area contributed by atoms with E-state index in [1.165, 1.54) is 0 Å². The summed E-state index contributed by atoms with van der Waals surface area (Å²) >= 11 is 5.92. The molecule has 1 fully saturated rings. The normalized spacial score (nSPS) is 14.8. The summed E-state index contributed by atoms with van der Waals surface area (Å²) in [6.07, 6.45) is 1.78. The minimum absolute atomic E-state index is 0.0225. The van der Waals surface area contributed by atoms with E-state index in [4.69, 9.17) is 21.1 Å². The van der Waals surface area contributed by atoms with E-state index in [-0.39, 0.29) is 5.91 Å². The third-order valence-electron chi connectivity index (χ3n) is 4.63. The zero-order valence-corrected chi connectivity index (χ0v) is 15.8. The number of hydrogen-bond donors (Lipinski definition) is 1. The van der Waals surface area contributed by atoms with E-state index in [0.717, 1.165) is 23.6 Å². The van der Waals surface area contributed by atoms with Gasteiger partial charge in [-0.15, -0.1) is 0 Å². The van der Waals surface area contributed by atoms with Gasteiger partial charge in [0.25, 0.3) is 5.91 Å². The van der Waals surface area contributed by atoms with Gasteiger partial charge >= 0.3 is 0 Å². The molecule has 1 aliphatic heterocycles.